The molecule has 0 aromatic heterocycles. The van der Waals surface area contributed by atoms with E-state index in [1.807, 2.05) is 38.1 Å². The van der Waals surface area contributed by atoms with E-state index in [1.165, 1.54) is 0 Å². The van der Waals surface area contributed by atoms with Crippen LogP contribution in [0.15, 0.2) is 46.4 Å². The van der Waals surface area contributed by atoms with Crippen molar-refractivity contribution in [3.8, 4) is 23.0 Å². The molecule has 0 fully saturated rings. The highest BCUT2D eigenvalue weighted by atomic mass is 16.5. The summed E-state index contributed by atoms with van der Waals surface area (Å²) in [6.45, 7) is 18.1. The van der Waals surface area contributed by atoms with Crippen LogP contribution in [0, 0.1) is 10.8 Å². The molecule has 0 saturated heterocycles. The van der Waals surface area contributed by atoms with E-state index < -0.39 is 0 Å². The minimum atomic E-state index is -0.0251. The molecule has 2 rings (SSSR count). The second-order valence-corrected chi connectivity index (χ2v) is 10.9. The second kappa shape index (κ2) is 15.3. The molecule has 8 heteroatoms. The van der Waals surface area contributed by atoms with Gasteiger partial charge in [0, 0.05) is 62.8 Å². The van der Waals surface area contributed by atoms with Gasteiger partial charge >= 0.3 is 0 Å². The third-order valence-corrected chi connectivity index (χ3v) is 5.85. The Labute approximate surface area is 228 Å². The number of phenolic OH excluding ortho intramolecular Hbond substituents is 2. The molecule has 0 atom stereocenters. The monoisotopic (exact) mass is 526 g/mol. The lowest BCUT2D eigenvalue weighted by Crippen LogP contribution is -2.39. The van der Waals surface area contributed by atoms with Crippen LogP contribution in [0.4, 0.5) is 0 Å². The smallest absolute Gasteiger partial charge is 0.166 e. The van der Waals surface area contributed by atoms with Crippen molar-refractivity contribution in [2.24, 2.45) is 20.8 Å². The van der Waals surface area contributed by atoms with E-state index in [1.54, 1.807) is 24.6 Å². The van der Waals surface area contributed by atoms with Gasteiger partial charge in [-0.05, 0) is 48.9 Å². The normalized spacial score (nSPS) is 12.5. The Morgan fingerprint density at radius 1 is 0.711 bits per heavy atom. The Morgan fingerprint density at radius 2 is 1.11 bits per heavy atom. The Bertz CT molecular complexity index is 967. The van der Waals surface area contributed by atoms with Crippen molar-refractivity contribution in [3.63, 3.8) is 0 Å². The zero-order chi connectivity index (χ0) is 28.0. The second-order valence-electron chi connectivity index (χ2n) is 10.9. The van der Waals surface area contributed by atoms with Crippen molar-refractivity contribution in [2.45, 2.75) is 41.5 Å². The molecule has 4 N–H and O–H groups in total. The quantitative estimate of drug-likeness (QED) is 0.176. The molecule has 2 aromatic carbocycles. The third-order valence-electron chi connectivity index (χ3n) is 5.85. The van der Waals surface area contributed by atoms with Crippen molar-refractivity contribution in [1.29, 1.82) is 0 Å². The van der Waals surface area contributed by atoms with Crippen LogP contribution in [0.5, 0.6) is 23.0 Å². The first-order valence-electron chi connectivity index (χ1n) is 13.4. The molecule has 8 nitrogen and oxygen atoms in total. The Balaban J connectivity index is 1.69. The van der Waals surface area contributed by atoms with Gasteiger partial charge in [-0.1, -0.05) is 39.8 Å². The topological polar surface area (TPSA) is 108 Å². The summed E-state index contributed by atoms with van der Waals surface area (Å²) in [4.78, 5) is 9.12. The third kappa shape index (κ3) is 10.7. The van der Waals surface area contributed by atoms with Crippen LogP contribution < -0.4 is 20.1 Å². The Morgan fingerprint density at radius 3 is 1.47 bits per heavy atom. The number of ether oxygens (including phenoxy) is 2. The summed E-state index contributed by atoms with van der Waals surface area (Å²) in [5.41, 5.74) is 1.27. The van der Waals surface area contributed by atoms with Gasteiger partial charge in [-0.3, -0.25) is 9.98 Å². The lowest BCUT2D eigenvalue weighted by Gasteiger charge is -2.24. The zero-order valence-electron chi connectivity index (χ0n) is 23.9. The fourth-order valence-corrected chi connectivity index (χ4v) is 3.76. The molecule has 38 heavy (non-hydrogen) atoms. The van der Waals surface area contributed by atoms with E-state index in [9.17, 15) is 10.2 Å². The molecule has 2 aromatic rings. The Hall–Kier alpha value is -3.10. The van der Waals surface area contributed by atoms with Crippen LogP contribution in [0.2, 0.25) is 0 Å². The van der Waals surface area contributed by atoms with Crippen molar-refractivity contribution in [2.75, 3.05) is 52.5 Å². The van der Waals surface area contributed by atoms with Crippen molar-refractivity contribution in [1.82, 2.24) is 10.6 Å². The Kier molecular flexibility index (Phi) is 12.6. The van der Waals surface area contributed by atoms with Gasteiger partial charge in [-0.2, -0.15) is 0 Å². The summed E-state index contributed by atoms with van der Waals surface area (Å²) in [6.07, 6.45) is 3.42. The zero-order valence-corrected chi connectivity index (χ0v) is 23.9. The van der Waals surface area contributed by atoms with Crippen LogP contribution in [0.3, 0.4) is 0 Å². The van der Waals surface area contributed by atoms with Crippen LogP contribution in [-0.2, 0) is 0 Å². The maximum absolute atomic E-state index is 10.3. The van der Waals surface area contributed by atoms with Gasteiger partial charge in [0.15, 0.2) is 23.0 Å². The van der Waals surface area contributed by atoms with E-state index in [4.69, 9.17) is 9.47 Å². The van der Waals surface area contributed by atoms with Crippen LogP contribution in [-0.4, -0.2) is 75.1 Å². The molecule has 0 heterocycles. The molecular weight excluding hydrogens is 480 g/mol. The summed E-state index contributed by atoms with van der Waals surface area (Å²) in [6, 6.07) is 10.9. The number of rotatable bonds is 17. The summed E-state index contributed by atoms with van der Waals surface area (Å²) in [7, 11) is 0. The lowest BCUT2D eigenvalue weighted by molar-refractivity contribution is 0.318. The molecule has 0 radical (unpaired) electrons. The van der Waals surface area contributed by atoms with Gasteiger partial charge in [-0.25, -0.2) is 0 Å². The van der Waals surface area contributed by atoms with Gasteiger partial charge in [0.25, 0.3) is 0 Å². The number of nitrogens with one attached hydrogen (secondary N) is 2. The van der Waals surface area contributed by atoms with Gasteiger partial charge < -0.3 is 30.3 Å². The molecule has 0 amide bonds. The lowest BCUT2D eigenvalue weighted by atomic mass is 9.93. The number of aromatic hydroxyl groups is 2. The van der Waals surface area contributed by atoms with E-state index in [0.29, 0.717) is 48.9 Å². The van der Waals surface area contributed by atoms with E-state index in [0.717, 1.165) is 26.2 Å². The van der Waals surface area contributed by atoms with E-state index in [-0.39, 0.29) is 22.3 Å². The average Bonchev–Trinajstić information content (AvgIpc) is 2.86. The molecule has 0 spiro atoms. The first-order chi connectivity index (χ1) is 18.1. The maximum atomic E-state index is 10.3. The van der Waals surface area contributed by atoms with Crippen molar-refractivity contribution < 1.29 is 19.7 Å². The van der Waals surface area contributed by atoms with Gasteiger partial charge in [0.1, 0.15) is 0 Å². The molecule has 0 aliphatic rings. The molecule has 210 valence electrons. The number of nitrogens with zero attached hydrogens (tertiary/aromatic N) is 2. The number of benzene rings is 2. The summed E-state index contributed by atoms with van der Waals surface area (Å²) >= 11 is 0. The minimum Gasteiger partial charge on any atom is -0.504 e. The number of hydrogen-bond acceptors (Lipinski definition) is 8. The number of para-hydroxylation sites is 2. The SMILES string of the molecule is CCOc1cccc(C=NCC(C)(C)CNCCNCC(C)(C)CN=Cc2cccc(OCC)c2O)c1O. The fraction of sp³-hybridized carbons (Fsp3) is 0.533. The standard InChI is InChI=1S/C30H46N4O4/c1-7-37-25-13-9-11-23(27(25)35)17-33-21-29(3,4)19-31-15-16-32-20-30(5,6)22-34-18-24-12-10-14-26(28(24)36)38-8-2/h9-14,17-18,31-32,35-36H,7-8,15-16,19-22H2,1-6H3. The number of phenols is 2. The molecule has 0 aliphatic carbocycles. The molecule has 0 unspecified atom stereocenters. The highest BCUT2D eigenvalue weighted by molar-refractivity contribution is 5.85. The average molecular weight is 527 g/mol. The van der Waals surface area contributed by atoms with Crippen molar-refractivity contribution in [3.05, 3.63) is 47.5 Å². The molecule has 0 aliphatic heterocycles. The van der Waals surface area contributed by atoms with Crippen LogP contribution in [0.1, 0.15) is 52.7 Å². The maximum Gasteiger partial charge on any atom is 0.166 e. The molecular formula is C30H46N4O4. The largest absolute Gasteiger partial charge is 0.504 e. The number of aliphatic imine (C=N–C) groups is 2. The first-order valence-corrected chi connectivity index (χ1v) is 13.4. The molecule has 0 saturated carbocycles. The minimum absolute atomic E-state index is 0.0251. The first kappa shape index (κ1) is 31.1. The van der Waals surface area contributed by atoms with E-state index >= 15 is 0 Å². The number of hydrogen-bond donors (Lipinski definition) is 4. The summed E-state index contributed by atoms with van der Waals surface area (Å²) < 4.78 is 10.9. The van der Waals surface area contributed by atoms with Crippen LogP contribution in [0.25, 0.3) is 0 Å². The van der Waals surface area contributed by atoms with E-state index in [2.05, 4.69) is 48.3 Å². The fourth-order valence-electron chi connectivity index (χ4n) is 3.76. The van der Waals surface area contributed by atoms with Gasteiger partial charge in [0.2, 0.25) is 0 Å². The predicted octanol–water partition coefficient (Wildman–Crippen LogP) is 4.66. The highest BCUT2D eigenvalue weighted by Gasteiger charge is 2.18. The highest BCUT2D eigenvalue weighted by Crippen LogP contribution is 2.29. The van der Waals surface area contributed by atoms with Crippen molar-refractivity contribution >= 4 is 12.4 Å². The van der Waals surface area contributed by atoms with Gasteiger partial charge in [-0.15, -0.1) is 0 Å². The summed E-state index contributed by atoms with van der Waals surface area (Å²) in [5.74, 6) is 1.21. The predicted molar refractivity (Wildman–Crippen MR) is 157 cm³/mol. The van der Waals surface area contributed by atoms with Crippen LogP contribution >= 0.6 is 0 Å². The molecule has 0 bridgehead atoms. The van der Waals surface area contributed by atoms with Gasteiger partial charge in [0.05, 0.1) is 13.2 Å². The summed E-state index contributed by atoms with van der Waals surface area (Å²) in [5, 5.41) is 27.6.